The Kier molecular flexibility index (Phi) is 4.04. The number of aryl methyl sites for hydroxylation is 2. The third-order valence-electron chi connectivity index (χ3n) is 4.32. The fourth-order valence-corrected chi connectivity index (χ4v) is 2.91. The van der Waals surface area contributed by atoms with Crippen LogP contribution in [0.25, 0.3) is 16.9 Å². The molecule has 0 saturated heterocycles. The number of hydrogen-bond donors (Lipinski definition) is 1. The molecule has 3 aromatic heterocycles. The van der Waals surface area contributed by atoms with Crippen molar-refractivity contribution in [2.45, 2.75) is 6.92 Å². The smallest absolute Gasteiger partial charge is 0.276 e. The van der Waals surface area contributed by atoms with Crippen LogP contribution >= 0.6 is 0 Å². The molecule has 7 heteroatoms. The van der Waals surface area contributed by atoms with Crippen molar-refractivity contribution < 1.29 is 4.79 Å². The van der Waals surface area contributed by atoms with E-state index in [9.17, 15) is 9.59 Å². The van der Waals surface area contributed by atoms with E-state index < -0.39 is 5.91 Å². The van der Waals surface area contributed by atoms with E-state index in [0.29, 0.717) is 5.69 Å². The second-order valence-electron chi connectivity index (χ2n) is 6.23. The molecule has 0 unspecified atom stereocenters. The predicted octanol–water partition coefficient (Wildman–Crippen LogP) is 2.66. The highest BCUT2D eigenvalue weighted by molar-refractivity contribution is 6.04. The Hall–Kier alpha value is -3.74. The maximum atomic E-state index is 12.6. The molecule has 0 aliphatic heterocycles. The van der Waals surface area contributed by atoms with Gasteiger partial charge in [0.25, 0.3) is 11.5 Å². The van der Waals surface area contributed by atoms with Crippen LogP contribution in [0.15, 0.2) is 65.7 Å². The van der Waals surface area contributed by atoms with Crippen LogP contribution in [0.3, 0.4) is 0 Å². The molecule has 3 heterocycles. The van der Waals surface area contributed by atoms with Gasteiger partial charge in [0.15, 0.2) is 0 Å². The molecule has 0 radical (unpaired) electrons. The highest BCUT2D eigenvalue weighted by Gasteiger charge is 2.14. The fourth-order valence-electron chi connectivity index (χ4n) is 2.91. The summed E-state index contributed by atoms with van der Waals surface area (Å²) in [5.74, 6) is -0.391. The van der Waals surface area contributed by atoms with Crippen LogP contribution in [0.2, 0.25) is 0 Å². The van der Waals surface area contributed by atoms with E-state index in [4.69, 9.17) is 4.98 Å². The van der Waals surface area contributed by atoms with E-state index >= 15 is 0 Å². The van der Waals surface area contributed by atoms with Crippen molar-refractivity contribution in [2.24, 2.45) is 7.05 Å². The maximum absolute atomic E-state index is 12.6. The van der Waals surface area contributed by atoms with Crippen LogP contribution in [0, 0.1) is 6.92 Å². The lowest BCUT2D eigenvalue weighted by Gasteiger charge is -2.09. The molecule has 7 nitrogen and oxygen atoms in total. The van der Waals surface area contributed by atoms with Crippen LogP contribution in [0.1, 0.15) is 16.1 Å². The van der Waals surface area contributed by atoms with Gasteiger partial charge in [-0.3, -0.25) is 9.59 Å². The van der Waals surface area contributed by atoms with E-state index in [-0.39, 0.29) is 11.3 Å². The van der Waals surface area contributed by atoms with Gasteiger partial charge in [0.2, 0.25) is 0 Å². The largest absolute Gasteiger partial charge is 0.320 e. The third-order valence-corrected chi connectivity index (χ3v) is 4.32. The van der Waals surface area contributed by atoms with Gasteiger partial charge >= 0.3 is 0 Å². The normalized spacial score (nSPS) is 10.9. The van der Waals surface area contributed by atoms with Gasteiger partial charge in [0, 0.05) is 31.1 Å². The molecule has 1 N–H and O–H groups in total. The minimum atomic E-state index is -0.391. The molecule has 134 valence electrons. The number of hydrogen-bond acceptors (Lipinski definition) is 4. The number of benzene rings is 1. The lowest BCUT2D eigenvalue weighted by Crippen LogP contribution is -2.23. The standard InChI is InChI=1S/C20H17N5O2/c1-13-6-5-11-25-12-17(21-19(13)25)14-7-3-4-8-15(14)22-20(27)16-9-10-18(26)24(2)23-16/h3-12H,1-2H3,(H,22,27). The fraction of sp³-hybridized carbons (Fsp3) is 0.100. The molecule has 0 saturated carbocycles. The van der Waals surface area contributed by atoms with Crippen molar-refractivity contribution in [3.05, 3.63) is 82.5 Å². The maximum Gasteiger partial charge on any atom is 0.276 e. The van der Waals surface area contributed by atoms with E-state index in [1.165, 1.54) is 19.2 Å². The number of nitrogens with zero attached hydrogens (tertiary/aromatic N) is 4. The Morgan fingerprint density at radius 1 is 1.07 bits per heavy atom. The van der Waals surface area contributed by atoms with Gasteiger partial charge in [0.05, 0.1) is 11.4 Å². The zero-order valence-corrected chi connectivity index (χ0v) is 14.9. The molecule has 1 aromatic carbocycles. The quantitative estimate of drug-likeness (QED) is 0.610. The number of rotatable bonds is 3. The first-order chi connectivity index (χ1) is 13.0. The van der Waals surface area contributed by atoms with Crippen molar-refractivity contribution in [2.75, 3.05) is 5.32 Å². The third kappa shape index (κ3) is 3.10. The van der Waals surface area contributed by atoms with Gasteiger partial charge in [-0.15, -0.1) is 0 Å². The summed E-state index contributed by atoms with van der Waals surface area (Å²) >= 11 is 0. The Bertz CT molecular complexity index is 1220. The summed E-state index contributed by atoms with van der Waals surface area (Å²) in [5.41, 5.74) is 4.02. The van der Waals surface area contributed by atoms with Crippen molar-refractivity contribution in [1.82, 2.24) is 19.2 Å². The van der Waals surface area contributed by atoms with Crippen molar-refractivity contribution in [3.63, 3.8) is 0 Å². The molecule has 0 aliphatic rings. The van der Waals surface area contributed by atoms with Crippen molar-refractivity contribution in [3.8, 4) is 11.3 Å². The number of nitrogens with one attached hydrogen (secondary N) is 1. The second-order valence-corrected chi connectivity index (χ2v) is 6.23. The minimum Gasteiger partial charge on any atom is -0.320 e. The molecule has 0 fully saturated rings. The minimum absolute atomic E-state index is 0.165. The average Bonchev–Trinajstić information content (AvgIpc) is 3.10. The van der Waals surface area contributed by atoms with Crippen LogP contribution in [0.4, 0.5) is 5.69 Å². The zero-order chi connectivity index (χ0) is 19.0. The number of amides is 1. The number of carbonyl (C=O) groups is 1. The Balaban J connectivity index is 1.72. The highest BCUT2D eigenvalue weighted by atomic mass is 16.2. The molecule has 27 heavy (non-hydrogen) atoms. The lowest BCUT2D eigenvalue weighted by molar-refractivity contribution is 0.102. The SMILES string of the molecule is Cc1cccn2cc(-c3ccccc3NC(=O)c3ccc(=O)n(C)n3)nc12. The topological polar surface area (TPSA) is 81.3 Å². The summed E-state index contributed by atoms with van der Waals surface area (Å²) < 4.78 is 3.09. The summed E-state index contributed by atoms with van der Waals surface area (Å²) in [5, 5.41) is 6.85. The molecule has 0 atom stereocenters. The lowest BCUT2D eigenvalue weighted by atomic mass is 10.1. The molecule has 4 rings (SSSR count). The summed E-state index contributed by atoms with van der Waals surface area (Å²) in [4.78, 5) is 28.7. The predicted molar refractivity (Wildman–Crippen MR) is 103 cm³/mol. The monoisotopic (exact) mass is 359 g/mol. The molecule has 1 amide bonds. The second kappa shape index (κ2) is 6.53. The molecular formula is C20H17N5O2. The first kappa shape index (κ1) is 16.7. The summed E-state index contributed by atoms with van der Waals surface area (Å²) in [6.45, 7) is 2.01. The molecular weight excluding hydrogens is 342 g/mol. The Labute approximate surface area is 154 Å². The van der Waals surface area contributed by atoms with Crippen LogP contribution in [0.5, 0.6) is 0 Å². The van der Waals surface area contributed by atoms with Gasteiger partial charge in [-0.2, -0.15) is 5.10 Å². The summed E-state index contributed by atoms with van der Waals surface area (Å²) in [7, 11) is 1.51. The number of para-hydroxylation sites is 1. The number of aromatic nitrogens is 4. The molecule has 0 bridgehead atoms. The van der Waals surface area contributed by atoms with Gasteiger partial charge in [-0.25, -0.2) is 9.67 Å². The van der Waals surface area contributed by atoms with Crippen LogP contribution < -0.4 is 10.9 Å². The summed E-state index contributed by atoms with van der Waals surface area (Å²) in [6, 6.07) is 14.2. The highest BCUT2D eigenvalue weighted by Crippen LogP contribution is 2.28. The molecule has 0 spiro atoms. The number of fused-ring (bicyclic) bond motifs is 1. The van der Waals surface area contributed by atoms with E-state index in [0.717, 1.165) is 27.1 Å². The molecule has 4 aromatic rings. The van der Waals surface area contributed by atoms with E-state index in [1.54, 1.807) is 0 Å². The van der Waals surface area contributed by atoms with E-state index in [2.05, 4.69) is 10.4 Å². The van der Waals surface area contributed by atoms with E-state index in [1.807, 2.05) is 60.1 Å². The summed E-state index contributed by atoms with van der Waals surface area (Å²) in [6.07, 6.45) is 3.87. The van der Waals surface area contributed by atoms with Crippen molar-refractivity contribution >= 4 is 17.2 Å². The Morgan fingerprint density at radius 2 is 1.89 bits per heavy atom. The van der Waals surface area contributed by atoms with Gasteiger partial charge in [-0.05, 0) is 30.7 Å². The van der Waals surface area contributed by atoms with Crippen LogP contribution in [-0.2, 0) is 7.05 Å². The van der Waals surface area contributed by atoms with Crippen LogP contribution in [-0.4, -0.2) is 25.1 Å². The average molecular weight is 359 g/mol. The van der Waals surface area contributed by atoms with Crippen molar-refractivity contribution in [1.29, 1.82) is 0 Å². The van der Waals surface area contributed by atoms with Gasteiger partial charge < -0.3 is 9.72 Å². The number of anilines is 1. The zero-order valence-electron chi connectivity index (χ0n) is 14.9. The first-order valence-corrected chi connectivity index (χ1v) is 8.42. The first-order valence-electron chi connectivity index (χ1n) is 8.42. The number of pyridine rings is 1. The molecule has 0 aliphatic carbocycles. The Morgan fingerprint density at radius 3 is 2.67 bits per heavy atom. The number of carbonyl (C=O) groups excluding carboxylic acids is 1. The van der Waals surface area contributed by atoms with Gasteiger partial charge in [-0.1, -0.05) is 24.3 Å². The van der Waals surface area contributed by atoms with Gasteiger partial charge in [0.1, 0.15) is 11.3 Å². The number of imidazole rings is 1.